The van der Waals surface area contributed by atoms with Crippen LogP contribution in [0.4, 0.5) is 8.78 Å². The molecule has 0 saturated carbocycles. The number of hydrogen-bond acceptors (Lipinski definition) is 1. The second-order valence-corrected chi connectivity index (χ2v) is 3.24. The average Bonchev–Trinajstić information content (AvgIpc) is 2.21. The summed E-state index contributed by atoms with van der Waals surface area (Å²) < 4.78 is 26.8. The molecule has 0 saturated heterocycles. The summed E-state index contributed by atoms with van der Waals surface area (Å²) in [6.45, 7) is 3.13. The second kappa shape index (κ2) is 4.90. The molecule has 1 N–H and O–H groups in total. The molecule has 0 spiro atoms. The van der Waals surface area contributed by atoms with E-state index in [1.165, 1.54) is 13.0 Å². The number of aryl methyl sites for hydroxylation is 1. The van der Waals surface area contributed by atoms with Crippen LogP contribution in [0.1, 0.15) is 30.6 Å². The van der Waals surface area contributed by atoms with Crippen molar-refractivity contribution in [1.82, 2.24) is 0 Å². The molecule has 0 aliphatic rings. The average molecular weight is 210 g/mol. The zero-order chi connectivity index (χ0) is 11.4. The largest absolute Gasteiger partial charge is 0.387 e. The van der Waals surface area contributed by atoms with Crippen molar-refractivity contribution in [3.8, 4) is 11.8 Å². The van der Waals surface area contributed by atoms with Gasteiger partial charge in [0.25, 0.3) is 0 Å². The summed E-state index contributed by atoms with van der Waals surface area (Å²) in [7, 11) is 0. The minimum atomic E-state index is -1.21. The number of rotatable bonds is 2. The lowest BCUT2D eigenvalue weighted by atomic mass is 10.0. The quantitative estimate of drug-likeness (QED) is 0.744. The van der Waals surface area contributed by atoms with E-state index < -0.39 is 17.7 Å². The van der Waals surface area contributed by atoms with Crippen LogP contribution < -0.4 is 0 Å². The van der Waals surface area contributed by atoms with Crippen LogP contribution >= 0.6 is 0 Å². The van der Waals surface area contributed by atoms with Crippen molar-refractivity contribution >= 4 is 0 Å². The summed E-state index contributed by atoms with van der Waals surface area (Å²) in [5.74, 6) is 3.73. The normalized spacial score (nSPS) is 11.8. The van der Waals surface area contributed by atoms with Gasteiger partial charge in [0, 0.05) is 6.42 Å². The Morgan fingerprint density at radius 1 is 1.40 bits per heavy atom. The molecule has 0 fully saturated rings. The van der Waals surface area contributed by atoms with Crippen molar-refractivity contribution in [3.63, 3.8) is 0 Å². The Labute approximate surface area is 87.7 Å². The van der Waals surface area contributed by atoms with E-state index in [0.717, 1.165) is 6.07 Å². The summed E-state index contributed by atoms with van der Waals surface area (Å²) in [6.07, 6.45) is -1.18. The number of aliphatic hydroxyl groups is 1. The lowest BCUT2D eigenvalue weighted by Crippen LogP contribution is -2.05. The molecule has 0 heterocycles. The lowest BCUT2D eigenvalue weighted by Gasteiger charge is -2.11. The van der Waals surface area contributed by atoms with Crippen LogP contribution in [0.3, 0.4) is 0 Å². The van der Waals surface area contributed by atoms with Crippen LogP contribution in [-0.4, -0.2) is 5.11 Å². The van der Waals surface area contributed by atoms with Gasteiger partial charge < -0.3 is 5.11 Å². The molecule has 3 heteroatoms. The van der Waals surface area contributed by atoms with E-state index in [2.05, 4.69) is 11.8 Å². The first kappa shape index (κ1) is 11.7. The Hall–Kier alpha value is -1.40. The highest BCUT2D eigenvalue weighted by Crippen LogP contribution is 2.24. The van der Waals surface area contributed by atoms with E-state index in [4.69, 9.17) is 0 Å². The topological polar surface area (TPSA) is 20.2 Å². The van der Waals surface area contributed by atoms with Crippen LogP contribution in [0.5, 0.6) is 0 Å². The molecular weight excluding hydrogens is 198 g/mol. The molecule has 1 atom stereocenters. The Morgan fingerprint density at radius 3 is 2.67 bits per heavy atom. The molecule has 1 rings (SSSR count). The maximum absolute atomic E-state index is 13.5. The van der Waals surface area contributed by atoms with E-state index >= 15 is 0 Å². The van der Waals surface area contributed by atoms with Crippen molar-refractivity contribution in [2.75, 3.05) is 0 Å². The summed E-state index contributed by atoms with van der Waals surface area (Å²) in [4.78, 5) is 0. The van der Waals surface area contributed by atoms with Gasteiger partial charge in [-0.25, -0.2) is 8.78 Å². The van der Waals surface area contributed by atoms with Crippen LogP contribution in [0.2, 0.25) is 0 Å². The molecule has 80 valence electrons. The van der Waals surface area contributed by atoms with Crippen LogP contribution in [0.15, 0.2) is 12.1 Å². The highest BCUT2D eigenvalue weighted by molar-refractivity contribution is 5.29. The van der Waals surface area contributed by atoms with E-state index in [1.54, 1.807) is 6.92 Å². The predicted molar refractivity (Wildman–Crippen MR) is 54.1 cm³/mol. The van der Waals surface area contributed by atoms with Gasteiger partial charge in [-0.1, -0.05) is 6.07 Å². The van der Waals surface area contributed by atoms with Crippen molar-refractivity contribution in [1.29, 1.82) is 0 Å². The Balaban J connectivity index is 3.10. The molecule has 1 aromatic carbocycles. The molecular formula is C12H12F2O. The maximum Gasteiger partial charge on any atom is 0.134 e. The minimum absolute atomic E-state index is 0.0355. The van der Waals surface area contributed by atoms with E-state index in [-0.39, 0.29) is 12.0 Å². The third kappa shape index (κ3) is 2.54. The summed E-state index contributed by atoms with van der Waals surface area (Å²) in [5.41, 5.74) is 0.0210. The fourth-order valence-corrected chi connectivity index (χ4v) is 1.28. The van der Waals surface area contributed by atoms with Gasteiger partial charge in [0.05, 0.1) is 11.7 Å². The third-order valence-electron chi connectivity index (χ3n) is 2.13. The van der Waals surface area contributed by atoms with Gasteiger partial charge >= 0.3 is 0 Å². The molecule has 0 amide bonds. The fraction of sp³-hybridized carbons (Fsp3) is 0.333. The Morgan fingerprint density at radius 2 is 2.07 bits per heavy atom. The van der Waals surface area contributed by atoms with Crippen molar-refractivity contribution in [2.45, 2.75) is 26.4 Å². The number of aliphatic hydroxyl groups excluding tert-OH is 1. The third-order valence-corrected chi connectivity index (χ3v) is 2.13. The van der Waals surface area contributed by atoms with E-state index in [9.17, 15) is 13.9 Å². The zero-order valence-electron chi connectivity index (χ0n) is 8.64. The van der Waals surface area contributed by atoms with Gasteiger partial charge in [-0.15, -0.1) is 11.8 Å². The summed E-state index contributed by atoms with van der Waals surface area (Å²) in [6, 6.07) is 2.49. The van der Waals surface area contributed by atoms with Crippen molar-refractivity contribution in [2.24, 2.45) is 0 Å². The number of halogens is 2. The van der Waals surface area contributed by atoms with Crippen LogP contribution in [0, 0.1) is 30.4 Å². The monoisotopic (exact) mass is 210 g/mol. The second-order valence-electron chi connectivity index (χ2n) is 3.24. The van der Waals surface area contributed by atoms with Crippen molar-refractivity contribution < 1.29 is 13.9 Å². The number of benzene rings is 1. The smallest absolute Gasteiger partial charge is 0.134 e. The highest BCUT2D eigenvalue weighted by atomic mass is 19.1. The molecule has 0 aliphatic carbocycles. The first-order valence-electron chi connectivity index (χ1n) is 4.60. The highest BCUT2D eigenvalue weighted by Gasteiger charge is 2.18. The van der Waals surface area contributed by atoms with Gasteiger partial charge in [0.15, 0.2) is 0 Å². The molecule has 0 bridgehead atoms. The van der Waals surface area contributed by atoms with Gasteiger partial charge in [0.2, 0.25) is 0 Å². The maximum atomic E-state index is 13.5. The zero-order valence-corrected chi connectivity index (χ0v) is 8.64. The van der Waals surface area contributed by atoms with E-state index in [0.29, 0.717) is 5.56 Å². The predicted octanol–water partition coefficient (Wildman–Crippen LogP) is 2.72. The lowest BCUT2D eigenvalue weighted by molar-refractivity contribution is 0.173. The molecule has 0 radical (unpaired) electrons. The molecule has 0 aromatic heterocycles. The number of hydrogen-bond donors (Lipinski definition) is 1. The van der Waals surface area contributed by atoms with Gasteiger partial charge in [-0.05, 0) is 25.5 Å². The molecule has 1 nitrogen and oxygen atoms in total. The van der Waals surface area contributed by atoms with Gasteiger partial charge in [-0.2, -0.15) is 0 Å². The van der Waals surface area contributed by atoms with Crippen LogP contribution in [0.25, 0.3) is 0 Å². The Bertz CT molecular complexity index is 416. The van der Waals surface area contributed by atoms with Gasteiger partial charge in [-0.3, -0.25) is 0 Å². The molecule has 0 aliphatic heterocycles. The first-order valence-corrected chi connectivity index (χ1v) is 4.60. The van der Waals surface area contributed by atoms with Gasteiger partial charge in [0.1, 0.15) is 11.6 Å². The van der Waals surface area contributed by atoms with Crippen molar-refractivity contribution in [3.05, 3.63) is 34.9 Å². The SMILES string of the molecule is CC#CCC(O)c1c(F)ccc(C)c1F. The standard InChI is InChI=1S/C12H12F2O/c1-3-4-5-10(15)11-9(13)7-6-8(2)12(11)14/h6-7,10,15H,5H2,1-2H3. The molecule has 15 heavy (non-hydrogen) atoms. The first-order chi connectivity index (χ1) is 7.07. The van der Waals surface area contributed by atoms with Crippen LogP contribution in [-0.2, 0) is 0 Å². The molecule has 1 unspecified atom stereocenters. The minimum Gasteiger partial charge on any atom is -0.387 e. The Kier molecular flexibility index (Phi) is 3.81. The molecule has 1 aromatic rings. The van der Waals surface area contributed by atoms with E-state index in [1.807, 2.05) is 0 Å². The summed E-state index contributed by atoms with van der Waals surface area (Å²) >= 11 is 0. The summed E-state index contributed by atoms with van der Waals surface area (Å²) in [5, 5.41) is 9.56. The fourth-order valence-electron chi connectivity index (χ4n) is 1.28.